The molecule has 3 nitrogen and oxygen atoms in total. The van der Waals surface area contributed by atoms with Crippen molar-refractivity contribution in [2.24, 2.45) is 23.2 Å². The Balaban J connectivity index is 1.39. The Morgan fingerprint density at radius 3 is 2.68 bits per heavy atom. The van der Waals surface area contributed by atoms with E-state index in [4.69, 9.17) is 9.47 Å². The van der Waals surface area contributed by atoms with Crippen LogP contribution in [0.5, 0.6) is 0 Å². The summed E-state index contributed by atoms with van der Waals surface area (Å²) in [6.07, 6.45) is 17.2. The molecule has 4 fully saturated rings. The summed E-state index contributed by atoms with van der Waals surface area (Å²) in [6, 6.07) is 0. The van der Waals surface area contributed by atoms with Crippen molar-refractivity contribution in [3.05, 3.63) is 35.5 Å². The molecule has 4 rings (SSSR count). The average molecular weight is 429 g/mol. The van der Waals surface area contributed by atoms with Crippen molar-refractivity contribution in [2.75, 3.05) is 13.2 Å². The number of allylic oxidation sites excluding steroid dienone is 4. The van der Waals surface area contributed by atoms with E-state index < -0.39 is 0 Å². The first-order chi connectivity index (χ1) is 14.8. The highest BCUT2D eigenvalue weighted by atomic mass is 16.7. The van der Waals surface area contributed by atoms with E-state index in [2.05, 4.69) is 39.5 Å². The van der Waals surface area contributed by atoms with Gasteiger partial charge in [-0.2, -0.15) is 0 Å². The number of aliphatic hydroxyl groups excluding tert-OH is 1. The summed E-state index contributed by atoms with van der Waals surface area (Å²) in [4.78, 5) is 0. The smallest absolute Gasteiger partial charge is 0.165 e. The van der Waals surface area contributed by atoms with E-state index in [9.17, 15) is 5.11 Å². The normalized spacial score (nSPS) is 39.2. The molecule has 0 aromatic heterocycles. The zero-order valence-electron chi connectivity index (χ0n) is 20.1. The summed E-state index contributed by atoms with van der Waals surface area (Å²) in [5.41, 5.74) is 4.59. The van der Waals surface area contributed by atoms with Crippen molar-refractivity contribution < 1.29 is 14.6 Å². The van der Waals surface area contributed by atoms with Gasteiger partial charge in [0, 0.05) is 6.42 Å². The topological polar surface area (TPSA) is 38.7 Å². The molecule has 3 saturated carbocycles. The van der Waals surface area contributed by atoms with Gasteiger partial charge < -0.3 is 14.6 Å². The number of aliphatic hydroxyl groups is 1. The van der Waals surface area contributed by atoms with Gasteiger partial charge in [0.1, 0.15) is 0 Å². The van der Waals surface area contributed by atoms with E-state index in [0.29, 0.717) is 5.41 Å². The summed E-state index contributed by atoms with van der Waals surface area (Å²) in [7, 11) is 0. The third-order valence-electron chi connectivity index (χ3n) is 9.10. The summed E-state index contributed by atoms with van der Waals surface area (Å²) in [6.45, 7) is 12.9. The fourth-order valence-electron chi connectivity index (χ4n) is 7.26. The van der Waals surface area contributed by atoms with Crippen LogP contribution in [-0.2, 0) is 9.47 Å². The molecule has 1 heterocycles. The van der Waals surface area contributed by atoms with Crippen LogP contribution in [0.3, 0.4) is 0 Å². The Labute approximate surface area is 190 Å². The van der Waals surface area contributed by atoms with Crippen molar-refractivity contribution in [3.63, 3.8) is 0 Å². The maximum absolute atomic E-state index is 10.1. The van der Waals surface area contributed by atoms with Crippen LogP contribution in [0.15, 0.2) is 35.5 Å². The predicted molar refractivity (Wildman–Crippen MR) is 127 cm³/mol. The third-order valence-corrected chi connectivity index (χ3v) is 9.10. The molecule has 0 amide bonds. The van der Waals surface area contributed by atoms with Gasteiger partial charge in [0.2, 0.25) is 0 Å². The van der Waals surface area contributed by atoms with Crippen molar-refractivity contribution in [1.82, 2.24) is 0 Å². The largest absolute Gasteiger partial charge is 0.393 e. The van der Waals surface area contributed by atoms with Gasteiger partial charge in [-0.05, 0) is 93.5 Å². The SMILES string of the molecule is C=C1CC[C@H](O)C/C1=C/C=C1\CCC[C@]2(C)[C@@H]([C@H](C)CCCC3(C)OCCO3)CC[C@@H]12. The molecule has 0 unspecified atom stereocenters. The molecule has 4 aliphatic rings. The average Bonchev–Trinajstić information content (AvgIpc) is 3.32. The summed E-state index contributed by atoms with van der Waals surface area (Å²) in [5, 5.41) is 10.1. The first-order valence-electron chi connectivity index (χ1n) is 12.8. The van der Waals surface area contributed by atoms with Gasteiger partial charge in [0.05, 0.1) is 19.3 Å². The molecule has 1 N–H and O–H groups in total. The maximum atomic E-state index is 10.1. The van der Waals surface area contributed by atoms with Crippen LogP contribution >= 0.6 is 0 Å². The molecule has 3 aliphatic carbocycles. The molecule has 0 aromatic carbocycles. The first kappa shape index (κ1) is 23.3. The van der Waals surface area contributed by atoms with Gasteiger partial charge in [0.25, 0.3) is 0 Å². The Kier molecular flexibility index (Phi) is 7.15. The summed E-state index contributed by atoms with van der Waals surface area (Å²) in [5.74, 6) is 1.96. The number of rotatable bonds is 6. The lowest BCUT2D eigenvalue weighted by molar-refractivity contribution is -0.148. The monoisotopic (exact) mass is 428 g/mol. The highest BCUT2D eigenvalue weighted by Crippen LogP contribution is 2.60. The van der Waals surface area contributed by atoms with Crippen LogP contribution in [-0.4, -0.2) is 30.2 Å². The molecular weight excluding hydrogens is 384 g/mol. The minimum absolute atomic E-state index is 0.189. The second-order valence-corrected chi connectivity index (χ2v) is 11.2. The summed E-state index contributed by atoms with van der Waals surface area (Å²) >= 11 is 0. The summed E-state index contributed by atoms with van der Waals surface area (Å²) < 4.78 is 11.6. The fourth-order valence-corrected chi connectivity index (χ4v) is 7.26. The van der Waals surface area contributed by atoms with Crippen LogP contribution in [0.4, 0.5) is 0 Å². The van der Waals surface area contributed by atoms with Gasteiger partial charge in [-0.1, -0.05) is 50.1 Å². The molecule has 5 atom stereocenters. The van der Waals surface area contributed by atoms with Gasteiger partial charge in [-0.15, -0.1) is 0 Å². The molecule has 0 aromatic rings. The lowest BCUT2D eigenvalue weighted by Crippen LogP contribution is -2.36. The molecule has 3 heteroatoms. The quantitative estimate of drug-likeness (QED) is 0.510. The van der Waals surface area contributed by atoms with Gasteiger partial charge in [-0.3, -0.25) is 0 Å². The fraction of sp³-hybridized carbons (Fsp3) is 0.786. The number of fused-ring (bicyclic) bond motifs is 1. The molecule has 0 spiro atoms. The van der Waals surface area contributed by atoms with Gasteiger partial charge in [0.15, 0.2) is 5.79 Å². The van der Waals surface area contributed by atoms with Crippen LogP contribution in [0.1, 0.15) is 91.4 Å². The molecule has 0 radical (unpaired) electrons. The highest BCUT2D eigenvalue weighted by Gasteiger charge is 2.50. The molecule has 0 bridgehead atoms. The Morgan fingerprint density at radius 1 is 1.13 bits per heavy atom. The highest BCUT2D eigenvalue weighted by molar-refractivity contribution is 5.36. The van der Waals surface area contributed by atoms with E-state index in [1.54, 1.807) is 5.57 Å². The molecule has 31 heavy (non-hydrogen) atoms. The molecule has 1 aliphatic heterocycles. The second-order valence-electron chi connectivity index (χ2n) is 11.2. The zero-order chi connectivity index (χ0) is 22.1. The maximum Gasteiger partial charge on any atom is 0.165 e. The number of hydrogen-bond donors (Lipinski definition) is 1. The van der Waals surface area contributed by atoms with E-state index in [1.165, 1.54) is 56.1 Å². The third kappa shape index (κ3) is 5.04. The van der Waals surface area contributed by atoms with Crippen LogP contribution in [0.25, 0.3) is 0 Å². The molecule has 1 saturated heterocycles. The standard InChI is InChI=1S/C28H44O3/c1-20-9-12-24(29)19-23(20)11-10-22-8-6-15-27(3)25(13-14-26(22)27)21(2)7-5-16-28(4)30-17-18-31-28/h10-11,21,24-26,29H,1,5-9,12-19H2,2-4H3/b22-10+,23-11-/t21-,24+,25-,26+,27-/m1/s1. The Bertz CT molecular complexity index is 714. The number of ether oxygens (including phenoxy) is 2. The zero-order valence-corrected chi connectivity index (χ0v) is 20.1. The van der Waals surface area contributed by atoms with E-state index in [1.807, 2.05) is 0 Å². The Hall–Kier alpha value is -0.900. The minimum Gasteiger partial charge on any atom is -0.393 e. The van der Waals surface area contributed by atoms with Crippen LogP contribution in [0, 0.1) is 23.2 Å². The van der Waals surface area contributed by atoms with E-state index in [-0.39, 0.29) is 11.9 Å². The lowest BCUT2D eigenvalue weighted by Gasteiger charge is -2.44. The van der Waals surface area contributed by atoms with Crippen molar-refractivity contribution >= 4 is 0 Å². The van der Waals surface area contributed by atoms with Crippen LogP contribution in [0.2, 0.25) is 0 Å². The van der Waals surface area contributed by atoms with Crippen molar-refractivity contribution in [1.29, 1.82) is 0 Å². The van der Waals surface area contributed by atoms with Gasteiger partial charge >= 0.3 is 0 Å². The predicted octanol–water partition coefficient (Wildman–Crippen LogP) is 6.73. The Morgan fingerprint density at radius 2 is 1.90 bits per heavy atom. The molecular formula is C28H44O3. The minimum atomic E-state index is -0.340. The molecule has 174 valence electrons. The van der Waals surface area contributed by atoms with E-state index >= 15 is 0 Å². The lowest BCUT2D eigenvalue weighted by atomic mass is 9.60. The van der Waals surface area contributed by atoms with Crippen molar-refractivity contribution in [3.8, 4) is 0 Å². The first-order valence-corrected chi connectivity index (χ1v) is 12.8. The van der Waals surface area contributed by atoms with Crippen LogP contribution < -0.4 is 0 Å². The second kappa shape index (κ2) is 9.53. The number of hydrogen-bond acceptors (Lipinski definition) is 3. The van der Waals surface area contributed by atoms with Crippen molar-refractivity contribution in [2.45, 2.75) is 103 Å². The van der Waals surface area contributed by atoms with Gasteiger partial charge in [-0.25, -0.2) is 0 Å². The van der Waals surface area contributed by atoms with E-state index in [0.717, 1.165) is 56.7 Å².